The highest BCUT2D eigenvalue weighted by atomic mass is 16.6. The van der Waals surface area contributed by atoms with Crippen molar-refractivity contribution in [1.29, 1.82) is 0 Å². The van der Waals surface area contributed by atoms with Crippen molar-refractivity contribution in [3.8, 4) is 11.4 Å². The Morgan fingerprint density at radius 1 is 1.35 bits per heavy atom. The molecule has 2 aromatic rings. The number of hydrogen-bond donors (Lipinski definition) is 1. The van der Waals surface area contributed by atoms with E-state index in [0.29, 0.717) is 11.4 Å². The molecule has 0 aliphatic rings. The lowest BCUT2D eigenvalue weighted by atomic mass is 10.1. The Morgan fingerprint density at radius 2 is 2.10 bits per heavy atom. The van der Waals surface area contributed by atoms with E-state index in [1.165, 1.54) is 12.1 Å². The molecule has 20 heavy (non-hydrogen) atoms. The summed E-state index contributed by atoms with van der Waals surface area (Å²) < 4.78 is 0. The maximum atomic E-state index is 10.8. The van der Waals surface area contributed by atoms with Gasteiger partial charge in [-0.25, -0.2) is 9.97 Å². The maximum Gasteiger partial charge on any atom is 0.270 e. The van der Waals surface area contributed by atoms with Crippen molar-refractivity contribution in [2.24, 2.45) is 0 Å². The van der Waals surface area contributed by atoms with E-state index >= 15 is 0 Å². The fourth-order valence-corrected chi connectivity index (χ4v) is 2.04. The molecule has 0 aliphatic carbocycles. The van der Waals surface area contributed by atoms with Crippen molar-refractivity contribution in [1.82, 2.24) is 9.97 Å². The number of non-ortho nitro benzene ring substituents is 1. The molecular weight excluding hydrogens is 256 g/mol. The van der Waals surface area contributed by atoms with Crippen molar-refractivity contribution in [3.05, 3.63) is 45.6 Å². The molecule has 1 heterocycles. The number of aryl methyl sites for hydroxylation is 1. The number of benzene rings is 1. The fraction of sp³-hybridized carbons (Fsp3) is 0.286. The molecule has 6 nitrogen and oxygen atoms in total. The lowest BCUT2D eigenvalue weighted by Crippen LogP contribution is -2.04. The zero-order valence-electron chi connectivity index (χ0n) is 11.7. The normalized spacial score (nSPS) is 10.3. The Morgan fingerprint density at radius 3 is 2.70 bits per heavy atom. The Hall–Kier alpha value is -2.50. The Labute approximate surface area is 117 Å². The topological polar surface area (TPSA) is 81.0 Å². The molecule has 1 aromatic heterocycles. The van der Waals surface area contributed by atoms with E-state index in [9.17, 15) is 10.1 Å². The first-order valence-corrected chi connectivity index (χ1v) is 6.37. The van der Waals surface area contributed by atoms with Crippen LogP contribution in [0.1, 0.15) is 18.2 Å². The molecular formula is C14H16N4O2. The van der Waals surface area contributed by atoms with Crippen molar-refractivity contribution in [3.63, 3.8) is 0 Å². The largest absolute Gasteiger partial charge is 0.373 e. The van der Waals surface area contributed by atoms with Gasteiger partial charge in [0.05, 0.1) is 4.92 Å². The van der Waals surface area contributed by atoms with E-state index in [2.05, 4.69) is 15.3 Å². The summed E-state index contributed by atoms with van der Waals surface area (Å²) in [6, 6.07) is 6.36. The summed E-state index contributed by atoms with van der Waals surface area (Å²) in [6.07, 6.45) is 0.783. The van der Waals surface area contributed by atoms with Crippen LogP contribution in [-0.4, -0.2) is 21.9 Å². The van der Waals surface area contributed by atoms with Crippen LogP contribution in [0.4, 0.5) is 11.5 Å². The molecule has 0 spiro atoms. The predicted molar refractivity (Wildman–Crippen MR) is 77.8 cm³/mol. The molecule has 1 aromatic carbocycles. The number of nitro benzene ring substituents is 1. The van der Waals surface area contributed by atoms with Gasteiger partial charge in [-0.2, -0.15) is 0 Å². The number of anilines is 1. The Kier molecular flexibility index (Phi) is 3.93. The van der Waals surface area contributed by atoms with Crippen LogP contribution in [0.3, 0.4) is 0 Å². The summed E-state index contributed by atoms with van der Waals surface area (Å²) in [5, 5.41) is 13.9. The predicted octanol–water partition coefficient (Wildman–Crippen LogP) is 2.96. The van der Waals surface area contributed by atoms with Gasteiger partial charge in [0.15, 0.2) is 5.82 Å². The molecule has 0 atom stereocenters. The van der Waals surface area contributed by atoms with Gasteiger partial charge in [-0.1, -0.05) is 19.1 Å². The lowest BCUT2D eigenvalue weighted by Gasteiger charge is -2.11. The smallest absolute Gasteiger partial charge is 0.270 e. The monoisotopic (exact) mass is 272 g/mol. The minimum Gasteiger partial charge on any atom is -0.373 e. The molecule has 2 rings (SSSR count). The van der Waals surface area contributed by atoms with Crippen molar-refractivity contribution >= 4 is 11.5 Å². The van der Waals surface area contributed by atoms with Gasteiger partial charge >= 0.3 is 0 Å². The first-order valence-electron chi connectivity index (χ1n) is 6.37. The molecule has 104 valence electrons. The quantitative estimate of drug-likeness (QED) is 0.683. The van der Waals surface area contributed by atoms with E-state index < -0.39 is 4.92 Å². The minimum absolute atomic E-state index is 0.0377. The Balaban J connectivity index is 2.57. The van der Waals surface area contributed by atoms with E-state index in [0.717, 1.165) is 23.5 Å². The van der Waals surface area contributed by atoms with Gasteiger partial charge in [-0.05, 0) is 13.3 Å². The summed E-state index contributed by atoms with van der Waals surface area (Å²) in [4.78, 5) is 19.3. The highest BCUT2D eigenvalue weighted by molar-refractivity contribution is 5.62. The number of rotatable bonds is 4. The fourth-order valence-electron chi connectivity index (χ4n) is 2.04. The van der Waals surface area contributed by atoms with Crippen LogP contribution in [0.15, 0.2) is 24.3 Å². The molecule has 0 saturated carbocycles. The van der Waals surface area contributed by atoms with E-state index in [-0.39, 0.29) is 5.69 Å². The van der Waals surface area contributed by atoms with Crippen LogP contribution < -0.4 is 5.32 Å². The number of nitro groups is 1. The summed E-state index contributed by atoms with van der Waals surface area (Å²) in [5.41, 5.74) is 2.62. The molecule has 0 aliphatic heterocycles. The second kappa shape index (κ2) is 5.64. The number of nitrogens with one attached hydrogen (secondary N) is 1. The average molecular weight is 272 g/mol. The van der Waals surface area contributed by atoms with Crippen LogP contribution in [0.25, 0.3) is 11.4 Å². The molecule has 0 amide bonds. The molecule has 0 saturated heterocycles. The number of hydrogen-bond acceptors (Lipinski definition) is 5. The molecule has 0 radical (unpaired) electrons. The number of aromatic nitrogens is 2. The van der Waals surface area contributed by atoms with Gasteiger partial charge in [0, 0.05) is 36.0 Å². The molecule has 0 fully saturated rings. The summed E-state index contributed by atoms with van der Waals surface area (Å²) in [6.45, 7) is 3.98. The minimum atomic E-state index is -0.419. The van der Waals surface area contributed by atoms with Crippen LogP contribution >= 0.6 is 0 Å². The van der Waals surface area contributed by atoms with E-state index in [1.54, 1.807) is 19.2 Å². The van der Waals surface area contributed by atoms with Crippen LogP contribution in [-0.2, 0) is 6.42 Å². The van der Waals surface area contributed by atoms with Gasteiger partial charge < -0.3 is 5.32 Å². The van der Waals surface area contributed by atoms with Crippen molar-refractivity contribution in [2.45, 2.75) is 20.3 Å². The van der Waals surface area contributed by atoms with Gasteiger partial charge in [-0.3, -0.25) is 10.1 Å². The third-order valence-electron chi connectivity index (χ3n) is 3.13. The molecule has 6 heteroatoms. The van der Waals surface area contributed by atoms with Crippen LogP contribution in [0.5, 0.6) is 0 Å². The Bertz CT molecular complexity index is 630. The summed E-state index contributed by atoms with van der Waals surface area (Å²) >= 11 is 0. The van der Waals surface area contributed by atoms with E-state index in [4.69, 9.17) is 0 Å². The third kappa shape index (κ3) is 2.59. The summed E-state index contributed by atoms with van der Waals surface area (Å²) in [7, 11) is 1.80. The SMILES string of the molecule is CCc1nc(-c2cccc([N+](=O)[O-])c2)nc(NC)c1C. The highest BCUT2D eigenvalue weighted by Crippen LogP contribution is 2.24. The molecule has 1 N–H and O–H groups in total. The maximum absolute atomic E-state index is 10.8. The van der Waals surface area contributed by atoms with Crippen molar-refractivity contribution < 1.29 is 4.92 Å². The number of nitrogens with zero attached hydrogens (tertiary/aromatic N) is 3. The van der Waals surface area contributed by atoms with Gasteiger partial charge in [0.1, 0.15) is 5.82 Å². The first kappa shape index (κ1) is 13.9. The standard InChI is InChI=1S/C14H16N4O2/c1-4-12-9(2)13(15-3)17-14(16-12)10-6-5-7-11(8-10)18(19)20/h5-8H,4H2,1-3H3,(H,15,16,17). The van der Waals surface area contributed by atoms with E-state index in [1.807, 2.05) is 13.8 Å². The van der Waals surface area contributed by atoms with Crippen LogP contribution in [0, 0.1) is 17.0 Å². The second-order valence-electron chi connectivity index (χ2n) is 4.38. The molecule has 0 bridgehead atoms. The van der Waals surface area contributed by atoms with Crippen LogP contribution in [0.2, 0.25) is 0 Å². The lowest BCUT2D eigenvalue weighted by molar-refractivity contribution is -0.384. The highest BCUT2D eigenvalue weighted by Gasteiger charge is 2.13. The first-order chi connectivity index (χ1) is 9.56. The second-order valence-corrected chi connectivity index (χ2v) is 4.38. The summed E-state index contributed by atoms with van der Waals surface area (Å²) in [5.74, 6) is 1.25. The van der Waals surface area contributed by atoms with Gasteiger partial charge in [0.25, 0.3) is 5.69 Å². The zero-order chi connectivity index (χ0) is 14.7. The van der Waals surface area contributed by atoms with Gasteiger partial charge in [-0.15, -0.1) is 0 Å². The van der Waals surface area contributed by atoms with Gasteiger partial charge in [0.2, 0.25) is 0 Å². The zero-order valence-corrected chi connectivity index (χ0v) is 11.7. The average Bonchev–Trinajstić information content (AvgIpc) is 2.47. The molecule has 0 unspecified atom stereocenters. The third-order valence-corrected chi connectivity index (χ3v) is 3.13. The van der Waals surface area contributed by atoms with Crippen molar-refractivity contribution in [2.75, 3.05) is 12.4 Å².